The summed E-state index contributed by atoms with van der Waals surface area (Å²) in [6, 6.07) is 20.7. The molecule has 0 spiro atoms. The SMILES string of the molecule is CCCOCCOCCOc1ccc(-c2nc3ccc(-c4nc5ccc(N6CCN(C)CC6)cc5[nH]4)cc3[nH]2)cc1.CCOC(=O)CC[C@@H](C)[C@H]1CC[C@H]2[C@@H]3CC=C4CC(C)CC[C@]4(C)[C@H]3CC[C@]12C.CCOC(=O)CC[C@@H](C)[C@H]1CC[C@H]2[C@@H]3CCC4CC(C)CC[C@]4(C)[C@H]3CC[C@]12C.Cc1c(C)c(C)c2c(c1C)CC[C@@](C)(CCC[C@H](C)CCC[C@H](C)CCCC(C)C)O2. The number of aromatic nitrogens is 4. The van der Waals surface area contributed by atoms with Gasteiger partial charge in [0.1, 0.15) is 35.4 Å². The third-order valence-electron chi connectivity index (χ3n) is 36.7. The Kier molecular flexibility index (Phi) is 35.5. The van der Waals surface area contributed by atoms with E-state index in [0.717, 1.165) is 192 Å². The van der Waals surface area contributed by atoms with Crippen LogP contribution in [0.3, 0.4) is 0 Å². The number of rotatable bonds is 34. The van der Waals surface area contributed by atoms with Gasteiger partial charge in [-0.3, -0.25) is 9.59 Å². The summed E-state index contributed by atoms with van der Waals surface area (Å²) < 4.78 is 33.8. The minimum absolute atomic E-state index is 0.000493. The Balaban J connectivity index is 0.000000149. The number of ether oxygens (including phenoxy) is 6. The summed E-state index contributed by atoms with van der Waals surface area (Å²) in [6.45, 7) is 55.5. The highest BCUT2D eigenvalue weighted by atomic mass is 16.5. The zero-order valence-corrected chi connectivity index (χ0v) is 85.8. The number of nitrogens with zero attached hydrogens (tertiary/aromatic N) is 4. The van der Waals surface area contributed by atoms with Crippen molar-refractivity contribution in [2.75, 3.05) is 84.4 Å². The number of H-pyrrole nitrogens is 2. The fourth-order valence-corrected chi connectivity index (χ4v) is 28.4. The molecular formula is C116H180N6O8. The molecule has 14 heteroatoms. The van der Waals surface area contributed by atoms with Crippen molar-refractivity contribution < 1.29 is 38.0 Å². The van der Waals surface area contributed by atoms with Gasteiger partial charge in [0.25, 0.3) is 0 Å². The van der Waals surface area contributed by atoms with E-state index in [1.807, 2.05) is 49.8 Å². The predicted octanol–water partition coefficient (Wildman–Crippen LogP) is 29.2. The Morgan fingerprint density at radius 3 is 1.71 bits per heavy atom. The molecule has 1 saturated heterocycles. The summed E-state index contributed by atoms with van der Waals surface area (Å²) >= 11 is 0. The second-order valence-corrected chi connectivity index (χ2v) is 46.0. The van der Waals surface area contributed by atoms with Gasteiger partial charge in [-0.05, 0) is 408 Å². The van der Waals surface area contributed by atoms with Gasteiger partial charge in [-0.15, -0.1) is 0 Å². The summed E-state index contributed by atoms with van der Waals surface area (Å²) in [5.41, 5.74) is 18.3. The molecule has 2 aromatic heterocycles. The van der Waals surface area contributed by atoms with Crippen LogP contribution in [0, 0.1) is 144 Å². The Morgan fingerprint density at radius 2 is 1.08 bits per heavy atom. The summed E-state index contributed by atoms with van der Waals surface area (Å²) in [5, 5.41) is 0. The van der Waals surface area contributed by atoms with Crippen LogP contribution in [0.25, 0.3) is 44.8 Å². The summed E-state index contributed by atoms with van der Waals surface area (Å²) in [5.74, 6) is 17.6. The molecule has 2 N–H and O–H groups in total. The second-order valence-electron chi connectivity index (χ2n) is 46.0. The van der Waals surface area contributed by atoms with Crippen LogP contribution < -0.4 is 14.4 Å². The van der Waals surface area contributed by atoms with E-state index in [1.165, 1.54) is 213 Å². The molecule has 4 heterocycles. The fourth-order valence-electron chi connectivity index (χ4n) is 28.4. The first-order valence-corrected chi connectivity index (χ1v) is 53.4. The molecule has 20 atom stereocenters. The second kappa shape index (κ2) is 45.6. The van der Waals surface area contributed by atoms with Crippen molar-refractivity contribution in [3.63, 3.8) is 0 Å². The molecule has 14 nitrogen and oxygen atoms in total. The van der Waals surface area contributed by atoms with E-state index in [-0.39, 0.29) is 17.5 Å². The lowest BCUT2D eigenvalue weighted by Gasteiger charge is -2.61. The number of allylic oxidation sites excluding steroid dienone is 2. The molecule has 0 bridgehead atoms. The third-order valence-corrected chi connectivity index (χ3v) is 36.7. The van der Waals surface area contributed by atoms with Gasteiger partial charge in [-0.2, -0.15) is 0 Å². The van der Waals surface area contributed by atoms with Crippen molar-refractivity contribution >= 4 is 39.7 Å². The van der Waals surface area contributed by atoms with Crippen molar-refractivity contribution in [3.8, 4) is 34.3 Å². The Morgan fingerprint density at radius 1 is 0.531 bits per heavy atom. The van der Waals surface area contributed by atoms with Gasteiger partial charge in [0.05, 0.1) is 55.1 Å². The van der Waals surface area contributed by atoms with Crippen molar-refractivity contribution in [1.29, 1.82) is 0 Å². The zero-order chi connectivity index (χ0) is 92.8. The van der Waals surface area contributed by atoms with Crippen LogP contribution >= 0.6 is 0 Å². The molecule has 3 unspecified atom stereocenters. The maximum atomic E-state index is 11.9. The monoisotopic (exact) mass is 1790 g/mol. The van der Waals surface area contributed by atoms with E-state index in [0.29, 0.717) is 86.0 Å². The first-order valence-electron chi connectivity index (χ1n) is 53.4. The molecular weight excluding hydrogens is 1610 g/mol. The molecule has 0 radical (unpaired) electrons. The summed E-state index contributed by atoms with van der Waals surface area (Å²) in [6.07, 6.45) is 45.9. The number of carbonyl (C=O) groups excluding carboxylic acids is 2. The van der Waals surface area contributed by atoms with Gasteiger partial charge in [-0.25, -0.2) is 9.97 Å². The molecule has 8 fully saturated rings. The van der Waals surface area contributed by atoms with Crippen LogP contribution in [-0.2, 0) is 35.0 Å². The van der Waals surface area contributed by atoms with Gasteiger partial charge in [0, 0.05) is 62.4 Å². The summed E-state index contributed by atoms with van der Waals surface area (Å²) in [7, 11) is 2.18. The van der Waals surface area contributed by atoms with Crippen molar-refractivity contribution in [2.24, 2.45) is 116 Å². The first kappa shape index (κ1) is 101. The van der Waals surface area contributed by atoms with Crippen molar-refractivity contribution in [1.82, 2.24) is 24.8 Å². The molecule has 6 aromatic rings. The van der Waals surface area contributed by atoms with Crippen LogP contribution in [-0.4, -0.2) is 122 Å². The molecule has 8 aliphatic carbocycles. The van der Waals surface area contributed by atoms with Gasteiger partial charge < -0.3 is 48.2 Å². The van der Waals surface area contributed by atoms with Crippen molar-refractivity contribution in [3.05, 3.63) is 100 Å². The lowest BCUT2D eigenvalue weighted by molar-refractivity contribution is -0.144. The molecule has 7 saturated carbocycles. The Labute approximate surface area is 788 Å². The van der Waals surface area contributed by atoms with E-state index in [1.54, 1.807) is 0 Å². The predicted molar refractivity (Wildman–Crippen MR) is 540 cm³/mol. The minimum Gasteiger partial charge on any atom is -0.491 e. The number of hydrogen-bond acceptors (Lipinski definition) is 12. The molecule has 16 rings (SSSR count). The standard InChI is InChI=1S/C32H38N6O3.C30H52O.C27H46O2.C27H44O2/c1-3-16-39-17-18-40-19-20-41-26-8-4-23(5-9-26)31-33-27-10-6-24(21-29(27)35-31)32-34-28-11-7-25(22-30(28)36-32)38-14-12-37(2)13-15-38;1-21(2)13-10-14-22(3)15-11-16-23(4)17-12-19-30(9)20-18-28-26(7)24(5)25(6)27(8)29(28)31-30;2*1-6-29-25(28)12-7-19(3)22-10-11-23-21-9-8-20-17-18(2)13-15-26(20,4)24(21)14-16-27(22,23)5/h4-11,21-22H,3,12-20H2,1-2H3,(H,33,35)(H,34,36);21-23H,10-20H2,1-9H3;18-24H,6-17H2,1-5H3;8,18-19,21-24H,6-7,9-17H2,1-5H3/t;22-,23-,30-;18?,19-,20?,21+,22-,23+,24+,26+,27-;18?,19-,21+,22-,23+,24+,26+,27-/m.111/s1. The average molecular weight is 1790 g/mol. The van der Waals surface area contributed by atoms with Gasteiger partial charge >= 0.3 is 11.9 Å². The third kappa shape index (κ3) is 24.1. The number of fused-ring (bicyclic) bond motifs is 13. The van der Waals surface area contributed by atoms with E-state index in [9.17, 15) is 9.59 Å². The maximum Gasteiger partial charge on any atom is 0.305 e. The lowest BCUT2D eigenvalue weighted by Crippen LogP contribution is -2.53. The van der Waals surface area contributed by atoms with E-state index in [2.05, 4.69) is 188 Å². The van der Waals surface area contributed by atoms with Crippen LogP contribution in [0.5, 0.6) is 11.5 Å². The van der Waals surface area contributed by atoms with Crippen molar-refractivity contribution in [2.45, 2.75) is 356 Å². The number of aromatic amines is 2. The van der Waals surface area contributed by atoms with Gasteiger partial charge in [-0.1, -0.05) is 153 Å². The van der Waals surface area contributed by atoms with Crippen LogP contribution in [0.1, 0.15) is 344 Å². The normalized spacial score (nSPS) is 30.0. The first-order chi connectivity index (χ1) is 62.3. The number of piperazine rings is 1. The largest absolute Gasteiger partial charge is 0.491 e. The molecule has 4 aromatic carbocycles. The highest BCUT2D eigenvalue weighted by Gasteiger charge is 2.62. The van der Waals surface area contributed by atoms with E-state index < -0.39 is 0 Å². The molecule has 0 amide bonds. The smallest absolute Gasteiger partial charge is 0.305 e. The maximum absolute atomic E-state index is 11.9. The molecule has 722 valence electrons. The van der Waals surface area contributed by atoms with Crippen LogP contribution in [0.15, 0.2) is 72.3 Å². The molecule has 130 heavy (non-hydrogen) atoms. The number of anilines is 1. The zero-order valence-electron chi connectivity index (χ0n) is 85.8. The Bertz CT molecular complexity index is 4630. The van der Waals surface area contributed by atoms with E-state index >= 15 is 0 Å². The fraction of sp³-hybridized carbons (Fsp3) is 0.741. The molecule has 10 aliphatic rings. The van der Waals surface area contributed by atoms with Gasteiger partial charge in [0.15, 0.2) is 0 Å². The average Bonchev–Trinajstić information content (AvgIpc) is 1.70. The summed E-state index contributed by atoms with van der Waals surface area (Å²) in [4.78, 5) is 45.3. The van der Waals surface area contributed by atoms with Crippen LogP contribution in [0.4, 0.5) is 5.69 Å². The van der Waals surface area contributed by atoms with Gasteiger partial charge in [0.2, 0.25) is 0 Å². The molecule has 2 aliphatic heterocycles. The Hall–Kier alpha value is -6.22. The minimum atomic E-state index is -0.00726. The lowest BCUT2D eigenvalue weighted by atomic mass is 9.44. The van der Waals surface area contributed by atoms with E-state index in [4.69, 9.17) is 38.4 Å². The quantitative estimate of drug-likeness (QED) is 0.0225. The number of benzene rings is 4. The number of imidazole rings is 2. The van der Waals surface area contributed by atoms with Crippen LogP contribution in [0.2, 0.25) is 0 Å². The number of carbonyl (C=O) groups is 2. The number of likely N-dealkylation sites (N-methyl/N-ethyl adjacent to an activating group) is 1. The topological polar surface area (TPSA) is 153 Å². The number of hydrogen-bond donors (Lipinski definition) is 2. The highest BCUT2D eigenvalue weighted by Crippen LogP contribution is 2.70. The highest BCUT2D eigenvalue weighted by molar-refractivity contribution is 5.87. The number of esters is 2. The number of nitrogens with one attached hydrogen (secondary N) is 2.